The number of hydrogen-bond donors (Lipinski definition) is 1. The maximum atomic E-state index is 11.7. The van der Waals surface area contributed by atoms with Crippen LogP contribution >= 0.6 is 22.6 Å². The van der Waals surface area contributed by atoms with Crippen molar-refractivity contribution in [3.8, 4) is 0 Å². The Bertz CT molecular complexity index is 395. The van der Waals surface area contributed by atoms with Crippen LogP contribution in [0.25, 0.3) is 0 Å². The predicted molar refractivity (Wildman–Crippen MR) is 75.0 cm³/mol. The van der Waals surface area contributed by atoms with E-state index in [0.29, 0.717) is 23.6 Å². The summed E-state index contributed by atoms with van der Waals surface area (Å²) in [7, 11) is -0.822. The highest BCUT2D eigenvalue weighted by Gasteiger charge is 2.08. The number of benzene rings is 1. The molecular weight excluding hydrogens is 337 g/mol. The molecule has 0 aliphatic rings. The topological polar surface area (TPSA) is 46.2 Å². The van der Waals surface area contributed by atoms with E-state index < -0.39 is 10.8 Å². The summed E-state index contributed by atoms with van der Waals surface area (Å²) in [5.74, 6) is 1.06. The largest absolute Gasteiger partial charge is 0.351 e. The maximum Gasteiger partial charge on any atom is 0.252 e. The third kappa shape index (κ3) is 4.21. The number of rotatable bonds is 5. The standard InChI is InChI=1S/C11H14INO2S/c1-2-16(15)8-7-13-11(14)9-5-3-4-6-10(9)12/h3-6H,2,7-8H2,1H3,(H,13,14). The van der Waals surface area contributed by atoms with E-state index in [1.54, 1.807) is 6.07 Å². The fourth-order valence-corrected chi connectivity index (χ4v) is 2.41. The molecule has 1 unspecified atom stereocenters. The Kier molecular flexibility index (Phi) is 5.97. The van der Waals surface area contributed by atoms with Crippen LogP contribution in [0.4, 0.5) is 0 Å². The Morgan fingerprint density at radius 3 is 2.75 bits per heavy atom. The van der Waals surface area contributed by atoms with E-state index in [-0.39, 0.29) is 5.91 Å². The lowest BCUT2D eigenvalue weighted by molar-refractivity contribution is 0.0955. The Labute approximate surface area is 112 Å². The monoisotopic (exact) mass is 351 g/mol. The van der Waals surface area contributed by atoms with Gasteiger partial charge in [-0.05, 0) is 34.7 Å². The Morgan fingerprint density at radius 1 is 1.44 bits per heavy atom. The SMILES string of the molecule is CCS(=O)CCNC(=O)c1ccccc1I. The molecule has 0 radical (unpaired) electrons. The van der Waals surface area contributed by atoms with E-state index in [1.165, 1.54) is 0 Å². The van der Waals surface area contributed by atoms with Gasteiger partial charge in [0.2, 0.25) is 0 Å². The van der Waals surface area contributed by atoms with Gasteiger partial charge >= 0.3 is 0 Å². The zero-order chi connectivity index (χ0) is 12.0. The second-order valence-electron chi connectivity index (χ2n) is 3.17. The third-order valence-electron chi connectivity index (χ3n) is 2.06. The number of halogens is 1. The van der Waals surface area contributed by atoms with E-state index in [1.807, 2.05) is 25.1 Å². The molecule has 16 heavy (non-hydrogen) atoms. The second-order valence-corrected chi connectivity index (χ2v) is 6.20. The average Bonchev–Trinajstić information content (AvgIpc) is 2.29. The summed E-state index contributed by atoms with van der Waals surface area (Å²) in [6.45, 7) is 2.34. The van der Waals surface area contributed by atoms with Crippen molar-refractivity contribution in [1.29, 1.82) is 0 Å². The molecule has 1 amide bonds. The third-order valence-corrected chi connectivity index (χ3v) is 4.30. The molecule has 0 aliphatic heterocycles. The van der Waals surface area contributed by atoms with Gasteiger partial charge in [-0.1, -0.05) is 19.1 Å². The van der Waals surface area contributed by atoms with Crippen molar-refractivity contribution in [1.82, 2.24) is 5.32 Å². The molecular formula is C11H14INO2S. The van der Waals surface area contributed by atoms with Crippen LogP contribution < -0.4 is 5.32 Å². The number of amides is 1. The summed E-state index contributed by atoms with van der Waals surface area (Å²) >= 11 is 2.13. The number of nitrogens with one attached hydrogen (secondary N) is 1. The molecule has 88 valence electrons. The summed E-state index contributed by atoms with van der Waals surface area (Å²) in [5.41, 5.74) is 0.672. The Balaban J connectivity index is 2.47. The average molecular weight is 351 g/mol. The molecule has 0 aromatic heterocycles. The number of carbonyl (C=O) groups excluding carboxylic acids is 1. The van der Waals surface area contributed by atoms with Gasteiger partial charge in [0.1, 0.15) is 0 Å². The lowest BCUT2D eigenvalue weighted by Crippen LogP contribution is -2.28. The highest BCUT2D eigenvalue weighted by Crippen LogP contribution is 2.10. The first kappa shape index (κ1) is 13.6. The first-order chi connectivity index (χ1) is 7.65. The van der Waals surface area contributed by atoms with Crippen LogP contribution in [0.2, 0.25) is 0 Å². The van der Waals surface area contributed by atoms with Crippen molar-refractivity contribution in [2.75, 3.05) is 18.1 Å². The minimum atomic E-state index is -0.822. The van der Waals surface area contributed by atoms with E-state index in [4.69, 9.17) is 0 Å². The van der Waals surface area contributed by atoms with Gasteiger partial charge in [0, 0.05) is 32.4 Å². The normalized spacial score (nSPS) is 12.1. The summed E-state index contributed by atoms with van der Waals surface area (Å²) in [5, 5.41) is 2.77. The van der Waals surface area contributed by atoms with Gasteiger partial charge in [-0.25, -0.2) is 0 Å². The highest BCUT2D eigenvalue weighted by molar-refractivity contribution is 14.1. The minimum Gasteiger partial charge on any atom is -0.351 e. The van der Waals surface area contributed by atoms with E-state index in [9.17, 15) is 9.00 Å². The molecule has 1 aromatic carbocycles. The molecule has 0 fully saturated rings. The van der Waals surface area contributed by atoms with Crippen LogP contribution in [0.3, 0.4) is 0 Å². The molecule has 1 aromatic rings. The van der Waals surface area contributed by atoms with Crippen LogP contribution in [-0.2, 0) is 10.8 Å². The van der Waals surface area contributed by atoms with Crippen LogP contribution in [0.5, 0.6) is 0 Å². The molecule has 0 spiro atoms. The molecule has 5 heteroatoms. The Morgan fingerprint density at radius 2 is 2.12 bits per heavy atom. The quantitative estimate of drug-likeness (QED) is 0.823. The van der Waals surface area contributed by atoms with Crippen molar-refractivity contribution in [2.45, 2.75) is 6.92 Å². The van der Waals surface area contributed by atoms with E-state index in [0.717, 1.165) is 3.57 Å². The van der Waals surface area contributed by atoms with Gasteiger partial charge in [-0.3, -0.25) is 9.00 Å². The molecule has 0 saturated carbocycles. The van der Waals surface area contributed by atoms with Gasteiger partial charge in [0.25, 0.3) is 5.91 Å². The lowest BCUT2D eigenvalue weighted by Gasteiger charge is -2.06. The zero-order valence-corrected chi connectivity index (χ0v) is 12.0. The summed E-state index contributed by atoms with van der Waals surface area (Å²) < 4.78 is 12.1. The Hall–Kier alpha value is -0.430. The van der Waals surface area contributed by atoms with Gasteiger partial charge < -0.3 is 5.32 Å². The van der Waals surface area contributed by atoms with Crippen LogP contribution in [0.15, 0.2) is 24.3 Å². The molecule has 0 aliphatic carbocycles. The number of hydrogen-bond acceptors (Lipinski definition) is 2. The van der Waals surface area contributed by atoms with E-state index >= 15 is 0 Å². The van der Waals surface area contributed by atoms with E-state index in [2.05, 4.69) is 27.9 Å². The second kappa shape index (κ2) is 7.01. The fourth-order valence-electron chi connectivity index (χ4n) is 1.16. The summed E-state index contributed by atoms with van der Waals surface area (Å²) in [6.07, 6.45) is 0. The molecule has 0 saturated heterocycles. The van der Waals surface area contributed by atoms with Crippen molar-refractivity contribution in [3.05, 3.63) is 33.4 Å². The molecule has 1 atom stereocenters. The first-order valence-corrected chi connectivity index (χ1v) is 7.59. The predicted octanol–water partition coefficient (Wildman–Crippen LogP) is 1.79. The van der Waals surface area contributed by atoms with Crippen LogP contribution in [0, 0.1) is 3.57 Å². The van der Waals surface area contributed by atoms with Crippen molar-refractivity contribution < 1.29 is 9.00 Å². The van der Waals surface area contributed by atoms with Gasteiger partial charge in [-0.2, -0.15) is 0 Å². The maximum absolute atomic E-state index is 11.7. The van der Waals surface area contributed by atoms with Gasteiger partial charge in [0.05, 0.1) is 5.56 Å². The fraction of sp³-hybridized carbons (Fsp3) is 0.364. The summed E-state index contributed by atoms with van der Waals surface area (Å²) in [4.78, 5) is 11.7. The lowest BCUT2D eigenvalue weighted by atomic mass is 10.2. The molecule has 1 rings (SSSR count). The van der Waals surface area contributed by atoms with Crippen molar-refractivity contribution in [3.63, 3.8) is 0 Å². The van der Waals surface area contributed by atoms with Crippen LogP contribution in [0.1, 0.15) is 17.3 Å². The zero-order valence-electron chi connectivity index (χ0n) is 9.03. The molecule has 0 heterocycles. The minimum absolute atomic E-state index is 0.0990. The first-order valence-electron chi connectivity index (χ1n) is 5.03. The molecule has 3 nitrogen and oxygen atoms in total. The van der Waals surface area contributed by atoms with Crippen molar-refractivity contribution in [2.24, 2.45) is 0 Å². The highest BCUT2D eigenvalue weighted by atomic mass is 127. The summed E-state index contributed by atoms with van der Waals surface area (Å²) in [6, 6.07) is 7.40. The molecule has 0 bridgehead atoms. The smallest absolute Gasteiger partial charge is 0.252 e. The molecule has 1 N–H and O–H groups in total. The van der Waals surface area contributed by atoms with Gasteiger partial charge in [-0.15, -0.1) is 0 Å². The number of carbonyl (C=O) groups is 1. The van der Waals surface area contributed by atoms with Crippen LogP contribution in [-0.4, -0.2) is 28.2 Å². The van der Waals surface area contributed by atoms with Gasteiger partial charge in [0.15, 0.2) is 0 Å². The van der Waals surface area contributed by atoms with Crippen molar-refractivity contribution >= 4 is 39.3 Å².